The maximum absolute atomic E-state index is 13.1. The summed E-state index contributed by atoms with van der Waals surface area (Å²) in [6, 6.07) is 13.3. The fourth-order valence-electron chi connectivity index (χ4n) is 3.72. The molecule has 1 aliphatic rings. The van der Waals surface area contributed by atoms with Crippen LogP contribution in [-0.2, 0) is 19.4 Å². The average Bonchev–Trinajstić information content (AvgIpc) is 3.17. The first kappa shape index (κ1) is 21.6. The molecule has 0 saturated heterocycles. The predicted molar refractivity (Wildman–Crippen MR) is 128 cm³/mol. The van der Waals surface area contributed by atoms with Crippen LogP contribution < -0.4 is 10.1 Å². The van der Waals surface area contributed by atoms with Gasteiger partial charge in [0, 0.05) is 27.7 Å². The number of fused-ring (bicyclic) bond motifs is 1. The van der Waals surface area contributed by atoms with E-state index in [4.69, 9.17) is 4.74 Å². The van der Waals surface area contributed by atoms with Gasteiger partial charge in [0.15, 0.2) is 11.5 Å². The summed E-state index contributed by atoms with van der Waals surface area (Å²) in [6.07, 6.45) is 5.67. The summed E-state index contributed by atoms with van der Waals surface area (Å²) in [5, 5.41) is 14.2. The van der Waals surface area contributed by atoms with Crippen LogP contribution >= 0.6 is 27.3 Å². The number of aryl methyl sites for hydroxylation is 1. The van der Waals surface area contributed by atoms with Crippen LogP contribution in [0.5, 0.6) is 11.5 Å². The number of nitrogens with one attached hydrogen (secondary N) is 1. The topological polar surface area (TPSA) is 70.9 Å². The Kier molecular flexibility index (Phi) is 6.73. The Morgan fingerprint density at radius 2 is 2.03 bits per heavy atom. The molecule has 3 aromatic rings. The fraction of sp³-hybridized carbons (Fsp3) is 0.250. The fourth-order valence-corrected chi connectivity index (χ4v) is 5.40. The van der Waals surface area contributed by atoms with E-state index in [0.717, 1.165) is 41.3 Å². The van der Waals surface area contributed by atoms with Crippen LogP contribution in [0, 0.1) is 0 Å². The van der Waals surface area contributed by atoms with Crippen LogP contribution in [0.15, 0.2) is 51.9 Å². The van der Waals surface area contributed by atoms with Gasteiger partial charge in [0.05, 0.1) is 12.7 Å². The van der Waals surface area contributed by atoms with Crippen molar-refractivity contribution < 1.29 is 14.6 Å². The summed E-state index contributed by atoms with van der Waals surface area (Å²) in [4.78, 5) is 19.0. The first-order chi connectivity index (χ1) is 15.1. The molecule has 0 atom stereocenters. The lowest BCUT2D eigenvalue weighted by Crippen LogP contribution is -2.24. The van der Waals surface area contributed by atoms with Crippen molar-refractivity contribution in [2.75, 3.05) is 7.11 Å². The van der Waals surface area contributed by atoms with E-state index in [-0.39, 0.29) is 11.7 Å². The zero-order valence-electron chi connectivity index (χ0n) is 17.2. The number of rotatable bonds is 6. The van der Waals surface area contributed by atoms with Crippen molar-refractivity contribution in [3.8, 4) is 11.5 Å². The van der Waals surface area contributed by atoms with Crippen molar-refractivity contribution in [2.24, 2.45) is 4.99 Å². The van der Waals surface area contributed by atoms with E-state index < -0.39 is 0 Å². The summed E-state index contributed by atoms with van der Waals surface area (Å²) >= 11 is 4.99. The van der Waals surface area contributed by atoms with Crippen molar-refractivity contribution >= 4 is 44.4 Å². The van der Waals surface area contributed by atoms with Gasteiger partial charge in [0.25, 0.3) is 5.91 Å². The molecule has 2 aromatic carbocycles. The molecule has 1 amide bonds. The van der Waals surface area contributed by atoms with E-state index in [1.54, 1.807) is 29.7 Å². The van der Waals surface area contributed by atoms with Crippen LogP contribution in [-0.4, -0.2) is 24.3 Å². The number of nitrogens with zero attached hydrogens (tertiary/aromatic N) is 1. The van der Waals surface area contributed by atoms with Gasteiger partial charge in [-0.15, -0.1) is 11.3 Å². The molecule has 0 aliphatic heterocycles. The molecule has 2 N–H and O–H groups in total. The van der Waals surface area contributed by atoms with Crippen LogP contribution in [0.3, 0.4) is 0 Å². The number of hydrogen-bond donors (Lipinski definition) is 2. The van der Waals surface area contributed by atoms with Crippen LogP contribution in [0.1, 0.15) is 44.8 Å². The lowest BCUT2D eigenvalue weighted by molar-refractivity contribution is 0.0951. The lowest BCUT2D eigenvalue weighted by atomic mass is 9.95. The Bertz CT molecular complexity index is 1130. The SMILES string of the molecule is COc1cc(Br)cc(C=Nc2sc3c(c2C(=O)NCc2ccccc2)CCCC3)c1O. The highest BCUT2D eigenvalue weighted by atomic mass is 79.9. The smallest absolute Gasteiger partial charge is 0.254 e. The van der Waals surface area contributed by atoms with Gasteiger partial charge in [-0.05, 0) is 48.9 Å². The molecule has 4 rings (SSSR count). The molecule has 7 heteroatoms. The molecule has 1 heterocycles. The molecular formula is C24H23BrN2O3S. The first-order valence-corrected chi connectivity index (χ1v) is 11.7. The summed E-state index contributed by atoms with van der Waals surface area (Å²) in [5.74, 6) is 0.277. The second kappa shape index (κ2) is 9.66. The quantitative estimate of drug-likeness (QED) is 0.422. The number of thiophene rings is 1. The number of benzene rings is 2. The van der Waals surface area contributed by atoms with Crippen LogP contribution in [0.4, 0.5) is 5.00 Å². The molecule has 0 spiro atoms. The number of hydrogen-bond acceptors (Lipinski definition) is 5. The van der Waals surface area contributed by atoms with E-state index >= 15 is 0 Å². The minimum atomic E-state index is -0.105. The van der Waals surface area contributed by atoms with Gasteiger partial charge in [-0.1, -0.05) is 46.3 Å². The molecule has 0 unspecified atom stereocenters. The third kappa shape index (κ3) is 4.83. The Labute approximate surface area is 193 Å². The molecule has 0 saturated carbocycles. The molecule has 1 aromatic heterocycles. The third-order valence-electron chi connectivity index (χ3n) is 5.29. The second-order valence-corrected chi connectivity index (χ2v) is 9.36. The van der Waals surface area contributed by atoms with Crippen molar-refractivity contribution in [1.29, 1.82) is 0 Å². The van der Waals surface area contributed by atoms with Gasteiger partial charge in [-0.3, -0.25) is 4.79 Å². The summed E-state index contributed by atoms with van der Waals surface area (Å²) in [6.45, 7) is 0.469. The zero-order chi connectivity index (χ0) is 21.8. The minimum Gasteiger partial charge on any atom is -0.504 e. The molecule has 1 aliphatic carbocycles. The number of amides is 1. The van der Waals surface area contributed by atoms with Crippen molar-refractivity contribution in [3.05, 3.63) is 74.1 Å². The largest absolute Gasteiger partial charge is 0.504 e. The number of aromatic hydroxyl groups is 1. The van der Waals surface area contributed by atoms with Gasteiger partial charge in [-0.2, -0.15) is 0 Å². The first-order valence-electron chi connectivity index (χ1n) is 10.1. The van der Waals surface area contributed by atoms with E-state index in [2.05, 4.69) is 26.2 Å². The summed E-state index contributed by atoms with van der Waals surface area (Å²) in [7, 11) is 1.50. The summed E-state index contributed by atoms with van der Waals surface area (Å²) in [5.41, 5.74) is 3.35. The molecule has 160 valence electrons. The van der Waals surface area contributed by atoms with E-state index in [9.17, 15) is 9.90 Å². The van der Waals surface area contributed by atoms with Gasteiger partial charge in [-0.25, -0.2) is 4.99 Å². The number of carbonyl (C=O) groups excluding carboxylic acids is 1. The maximum Gasteiger partial charge on any atom is 0.254 e. The minimum absolute atomic E-state index is 0.0193. The highest BCUT2D eigenvalue weighted by Gasteiger charge is 2.25. The monoisotopic (exact) mass is 498 g/mol. The normalized spacial score (nSPS) is 13.2. The predicted octanol–water partition coefficient (Wildman–Crippen LogP) is 5.78. The van der Waals surface area contributed by atoms with E-state index in [0.29, 0.717) is 28.4 Å². The highest BCUT2D eigenvalue weighted by molar-refractivity contribution is 9.10. The third-order valence-corrected chi connectivity index (χ3v) is 6.94. The Hall–Kier alpha value is -2.64. The Morgan fingerprint density at radius 3 is 2.81 bits per heavy atom. The van der Waals surface area contributed by atoms with E-state index in [1.807, 2.05) is 30.3 Å². The van der Waals surface area contributed by atoms with Crippen LogP contribution in [0.2, 0.25) is 0 Å². The Balaban J connectivity index is 1.65. The molecule has 0 fully saturated rings. The molecular weight excluding hydrogens is 476 g/mol. The van der Waals surface area contributed by atoms with Crippen molar-refractivity contribution in [3.63, 3.8) is 0 Å². The number of aliphatic imine (C=N–C) groups is 1. The number of methoxy groups -OCH3 is 1. The van der Waals surface area contributed by atoms with Crippen molar-refractivity contribution in [2.45, 2.75) is 32.2 Å². The van der Waals surface area contributed by atoms with Gasteiger partial charge < -0.3 is 15.2 Å². The summed E-state index contributed by atoms with van der Waals surface area (Å²) < 4.78 is 5.99. The number of carbonyl (C=O) groups is 1. The average molecular weight is 499 g/mol. The number of phenolic OH excluding ortho intramolecular Hbond substituents is 1. The standard InChI is InChI=1S/C24H23BrN2O3S/c1-30-19-12-17(25)11-16(22(19)28)14-27-24-21(18-9-5-6-10-20(18)31-24)23(29)26-13-15-7-3-2-4-8-15/h2-4,7-8,11-12,14,28H,5-6,9-10,13H2,1H3,(H,26,29). The van der Waals surface area contributed by atoms with Crippen LogP contribution in [0.25, 0.3) is 0 Å². The van der Waals surface area contributed by atoms with Gasteiger partial charge >= 0.3 is 0 Å². The van der Waals surface area contributed by atoms with Gasteiger partial charge in [0.2, 0.25) is 0 Å². The molecule has 31 heavy (non-hydrogen) atoms. The van der Waals surface area contributed by atoms with E-state index in [1.165, 1.54) is 12.0 Å². The number of ether oxygens (including phenoxy) is 1. The Morgan fingerprint density at radius 1 is 1.26 bits per heavy atom. The zero-order valence-corrected chi connectivity index (χ0v) is 19.6. The lowest BCUT2D eigenvalue weighted by Gasteiger charge is -2.13. The second-order valence-electron chi connectivity index (χ2n) is 7.36. The number of phenols is 1. The maximum atomic E-state index is 13.1. The van der Waals surface area contributed by atoms with Gasteiger partial charge in [0.1, 0.15) is 5.00 Å². The number of halogens is 1. The molecule has 0 radical (unpaired) electrons. The van der Waals surface area contributed by atoms with Crippen molar-refractivity contribution in [1.82, 2.24) is 5.32 Å². The molecule has 0 bridgehead atoms. The molecule has 5 nitrogen and oxygen atoms in total. The highest BCUT2D eigenvalue weighted by Crippen LogP contribution is 2.40.